The number of thiol groups is 1. The van der Waals surface area contributed by atoms with E-state index in [1.807, 2.05) is 0 Å². The summed E-state index contributed by atoms with van der Waals surface area (Å²) in [5, 5.41) is 9.45. The average Bonchev–Trinajstić information content (AvgIpc) is 2.50. The fraction of sp³-hybridized carbons (Fsp3) is 0.600. The van der Waals surface area contributed by atoms with Crippen molar-refractivity contribution in [3.63, 3.8) is 0 Å². The Morgan fingerprint density at radius 1 is 1.69 bits per heavy atom. The van der Waals surface area contributed by atoms with Gasteiger partial charge in [0.1, 0.15) is 5.70 Å². The van der Waals surface area contributed by atoms with Crippen molar-refractivity contribution in [1.29, 1.82) is 0 Å². The van der Waals surface area contributed by atoms with Gasteiger partial charge in [-0.3, -0.25) is 4.79 Å². The Labute approximate surface area is 98.5 Å². The molecule has 1 N–H and O–H groups in total. The highest BCUT2D eigenvalue weighted by molar-refractivity contribution is 7.84. The van der Waals surface area contributed by atoms with E-state index in [9.17, 15) is 14.7 Å². The average molecular weight is 243 g/mol. The van der Waals surface area contributed by atoms with Crippen LogP contribution in [-0.4, -0.2) is 41.1 Å². The highest BCUT2D eigenvalue weighted by Crippen LogP contribution is 2.44. The van der Waals surface area contributed by atoms with Crippen molar-refractivity contribution in [3.05, 3.63) is 10.6 Å². The molecule has 0 spiro atoms. The normalized spacial score (nSPS) is 30.0. The van der Waals surface area contributed by atoms with Crippen molar-refractivity contribution in [2.75, 3.05) is 7.11 Å². The summed E-state index contributed by atoms with van der Waals surface area (Å²) in [7, 11) is 1.26. The van der Waals surface area contributed by atoms with Gasteiger partial charge in [-0.1, -0.05) is 0 Å². The zero-order valence-corrected chi connectivity index (χ0v) is 9.90. The van der Waals surface area contributed by atoms with E-state index in [1.54, 1.807) is 6.92 Å². The predicted molar refractivity (Wildman–Crippen MR) is 58.4 cm³/mol. The number of methoxy groups -OCH3 is 1. The molecule has 0 aromatic carbocycles. The van der Waals surface area contributed by atoms with Crippen LogP contribution in [0.2, 0.25) is 0 Å². The van der Waals surface area contributed by atoms with E-state index in [4.69, 9.17) is 0 Å². The Bertz CT molecular complexity index is 390. The molecule has 3 unspecified atom stereocenters. The molecule has 2 aliphatic rings. The van der Waals surface area contributed by atoms with Crippen molar-refractivity contribution in [3.8, 4) is 0 Å². The number of aliphatic hydroxyl groups excluding tert-OH is 1. The summed E-state index contributed by atoms with van der Waals surface area (Å²) >= 11 is 4.19. The van der Waals surface area contributed by atoms with E-state index in [-0.39, 0.29) is 17.6 Å². The Balaban J connectivity index is 2.24. The van der Waals surface area contributed by atoms with E-state index < -0.39 is 18.0 Å². The van der Waals surface area contributed by atoms with Gasteiger partial charge >= 0.3 is 5.97 Å². The number of ether oxygens (including phenoxy) is 1. The molecule has 6 heteroatoms. The van der Waals surface area contributed by atoms with E-state index >= 15 is 0 Å². The SMILES string of the molecule is COC(=O)C1=C(S)CC2C(C(C)O)C(=O)N12. The number of hydrogen-bond acceptors (Lipinski definition) is 5. The number of aliphatic hydroxyl groups is 1. The number of hydrogen-bond donors (Lipinski definition) is 2. The Morgan fingerprint density at radius 3 is 2.81 bits per heavy atom. The minimum Gasteiger partial charge on any atom is -0.464 e. The quantitative estimate of drug-likeness (QED) is 0.404. The summed E-state index contributed by atoms with van der Waals surface area (Å²) < 4.78 is 4.60. The molecule has 0 aromatic rings. The Kier molecular flexibility index (Phi) is 2.71. The highest BCUT2D eigenvalue weighted by Gasteiger charge is 2.56. The fourth-order valence-corrected chi connectivity index (χ4v) is 2.72. The Hall–Kier alpha value is -1.01. The van der Waals surface area contributed by atoms with Crippen molar-refractivity contribution in [2.45, 2.75) is 25.5 Å². The molecular weight excluding hydrogens is 230 g/mol. The maximum atomic E-state index is 11.8. The predicted octanol–water partition coefficient (Wildman–Crippen LogP) is -0.0877. The molecule has 0 saturated carbocycles. The minimum absolute atomic E-state index is 0.144. The van der Waals surface area contributed by atoms with E-state index in [0.29, 0.717) is 11.3 Å². The third-order valence-corrected chi connectivity index (χ3v) is 3.48. The first-order valence-corrected chi connectivity index (χ1v) is 5.45. The number of carbonyl (C=O) groups is 2. The number of β-lactam (4-membered cyclic amide) rings is 1. The lowest BCUT2D eigenvalue weighted by atomic mass is 9.83. The molecule has 1 amide bonds. The van der Waals surface area contributed by atoms with E-state index in [1.165, 1.54) is 12.0 Å². The number of nitrogens with zero attached hydrogens (tertiary/aromatic N) is 1. The number of rotatable bonds is 2. The molecule has 88 valence electrons. The van der Waals surface area contributed by atoms with Crippen LogP contribution < -0.4 is 0 Å². The molecule has 0 aromatic heterocycles. The Morgan fingerprint density at radius 2 is 2.31 bits per heavy atom. The number of esters is 1. The fourth-order valence-electron chi connectivity index (χ4n) is 2.34. The monoisotopic (exact) mass is 243 g/mol. The summed E-state index contributed by atoms with van der Waals surface area (Å²) in [5.41, 5.74) is 0.220. The lowest BCUT2D eigenvalue weighted by Gasteiger charge is -2.44. The third-order valence-electron chi connectivity index (χ3n) is 3.08. The van der Waals surface area contributed by atoms with Crippen LogP contribution in [0.15, 0.2) is 10.6 Å². The van der Waals surface area contributed by atoms with Crippen molar-refractivity contribution in [1.82, 2.24) is 4.90 Å². The van der Waals surface area contributed by atoms with Gasteiger partial charge in [-0.25, -0.2) is 4.79 Å². The van der Waals surface area contributed by atoms with Crippen LogP contribution in [0.3, 0.4) is 0 Å². The summed E-state index contributed by atoms with van der Waals surface area (Å²) in [6.07, 6.45) is -0.193. The van der Waals surface area contributed by atoms with E-state index in [2.05, 4.69) is 17.4 Å². The number of carbonyl (C=O) groups excluding carboxylic acids is 2. The number of fused-ring (bicyclic) bond motifs is 1. The second kappa shape index (κ2) is 3.78. The molecule has 2 rings (SSSR count). The largest absolute Gasteiger partial charge is 0.464 e. The van der Waals surface area contributed by atoms with Gasteiger partial charge in [0.15, 0.2) is 0 Å². The summed E-state index contributed by atoms with van der Waals surface area (Å²) in [4.78, 5) is 25.1. The molecular formula is C10H13NO4S. The molecule has 2 heterocycles. The lowest BCUT2D eigenvalue weighted by molar-refractivity contribution is -0.161. The molecule has 0 aliphatic carbocycles. The zero-order valence-electron chi connectivity index (χ0n) is 9.01. The molecule has 16 heavy (non-hydrogen) atoms. The molecule has 1 saturated heterocycles. The molecule has 3 atom stereocenters. The summed E-state index contributed by atoms with van der Waals surface area (Å²) in [6, 6.07) is -0.144. The van der Waals surface area contributed by atoms with Gasteiger partial charge in [-0.2, -0.15) is 0 Å². The van der Waals surface area contributed by atoms with Crippen molar-refractivity contribution >= 4 is 24.5 Å². The summed E-state index contributed by atoms with van der Waals surface area (Å²) in [5.74, 6) is -1.21. The molecule has 1 fully saturated rings. The second-order valence-electron chi connectivity index (χ2n) is 4.03. The molecule has 0 bridgehead atoms. The highest BCUT2D eigenvalue weighted by atomic mass is 32.1. The molecule has 5 nitrogen and oxygen atoms in total. The van der Waals surface area contributed by atoms with Crippen LogP contribution in [0.1, 0.15) is 13.3 Å². The van der Waals surface area contributed by atoms with Crippen LogP contribution >= 0.6 is 12.6 Å². The second-order valence-corrected chi connectivity index (χ2v) is 4.57. The molecule has 2 aliphatic heterocycles. The van der Waals surface area contributed by atoms with Gasteiger partial charge in [0, 0.05) is 11.3 Å². The van der Waals surface area contributed by atoms with Gasteiger partial charge in [-0.15, -0.1) is 12.6 Å². The van der Waals surface area contributed by atoms with Crippen molar-refractivity contribution < 1.29 is 19.4 Å². The smallest absolute Gasteiger partial charge is 0.355 e. The van der Waals surface area contributed by atoms with Crippen LogP contribution in [0, 0.1) is 5.92 Å². The maximum absolute atomic E-state index is 11.8. The van der Waals surface area contributed by atoms with E-state index in [0.717, 1.165) is 0 Å². The first-order valence-electron chi connectivity index (χ1n) is 5.00. The van der Waals surface area contributed by atoms with Gasteiger partial charge < -0.3 is 14.7 Å². The van der Waals surface area contributed by atoms with Gasteiger partial charge in [0.05, 0.1) is 25.2 Å². The minimum atomic E-state index is -0.702. The van der Waals surface area contributed by atoms with Crippen LogP contribution in [0.25, 0.3) is 0 Å². The van der Waals surface area contributed by atoms with Crippen molar-refractivity contribution in [2.24, 2.45) is 5.92 Å². The van der Waals surface area contributed by atoms with Gasteiger partial charge in [0.25, 0.3) is 0 Å². The first kappa shape index (κ1) is 11.5. The standard InChI is InChI=1S/C10H13NO4S/c1-4(12)7-5-3-6(16)8(10(14)15-2)11(5)9(7)13/h4-5,7,12,16H,3H2,1-2H3. The van der Waals surface area contributed by atoms with Crippen LogP contribution in [0.4, 0.5) is 0 Å². The zero-order chi connectivity index (χ0) is 12.0. The first-order chi connectivity index (χ1) is 7.49. The topological polar surface area (TPSA) is 66.8 Å². The maximum Gasteiger partial charge on any atom is 0.355 e. The van der Waals surface area contributed by atoms with Gasteiger partial charge in [-0.05, 0) is 6.92 Å². The molecule has 0 radical (unpaired) electrons. The van der Waals surface area contributed by atoms with Crippen LogP contribution in [0.5, 0.6) is 0 Å². The number of amides is 1. The lowest BCUT2D eigenvalue weighted by Crippen LogP contribution is -2.61. The van der Waals surface area contributed by atoms with Gasteiger partial charge in [0.2, 0.25) is 5.91 Å². The third kappa shape index (κ3) is 1.36. The van der Waals surface area contributed by atoms with Crippen LogP contribution in [-0.2, 0) is 14.3 Å². The summed E-state index contributed by atoms with van der Waals surface area (Å²) in [6.45, 7) is 1.58.